The first-order valence-corrected chi connectivity index (χ1v) is 7.62. The van der Waals surface area contributed by atoms with E-state index in [1.54, 1.807) is 0 Å². The van der Waals surface area contributed by atoms with Gasteiger partial charge in [-0.2, -0.15) is 0 Å². The summed E-state index contributed by atoms with van der Waals surface area (Å²) in [6, 6.07) is 6.08. The molecule has 3 heteroatoms. The van der Waals surface area contributed by atoms with Gasteiger partial charge in [0.05, 0.1) is 6.61 Å². The Morgan fingerprint density at radius 2 is 2.25 bits per heavy atom. The SMILES string of the molecule is CCCOc1ccc(CCN)c(OC2C=CCCC2)c1. The molecule has 1 atom stereocenters. The minimum absolute atomic E-state index is 0.182. The molecular formula is C17H25NO2. The molecule has 0 bridgehead atoms. The Morgan fingerprint density at radius 3 is 2.95 bits per heavy atom. The Labute approximate surface area is 121 Å². The maximum Gasteiger partial charge on any atom is 0.127 e. The van der Waals surface area contributed by atoms with E-state index in [9.17, 15) is 0 Å². The van der Waals surface area contributed by atoms with E-state index in [4.69, 9.17) is 15.2 Å². The maximum atomic E-state index is 6.14. The van der Waals surface area contributed by atoms with Gasteiger partial charge >= 0.3 is 0 Å². The summed E-state index contributed by atoms with van der Waals surface area (Å²) < 4.78 is 11.8. The lowest BCUT2D eigenvalue weighted by molar-refractivity contribution is 0.226. The van der Waals surface area contributed by atoms with Crippen molar-refractivity contribution in [2.75, 3.05) is 13.2 Å². The first-order chi connectivity index (χ1) is 9.83. The molecule has 110 valence electrons. The fraction of sp³-hybridized carbons (Fsp3) is 0.529. The van der Waals surface area contributed by atoms with Crippen LogP contribution >= 0.6 is 0 Å². The fourth-order valence-corrected chi connectivity index (χ4v) is 2.36. The highest BCUT2D eigenvalue weighted by Crippen LogP contribution is 2.28. The Morgan fingerprint density at radius 1 is 1.35 bits per heavy atom. The first-order valence-electron chi connectivity index (χ1n) is 7.62. The van der Waals surface area contributed by atoms with Crippen LogP contribution in [0.2, 0.25) is 0 Å². The normalized spacial score (nSPS) is 18.0. The smallest absolute Gasteiger partial charge is 0.127 e. The minimum Gasteiger partial charge on any atom is -0.493 e. The van der Waals surface area contributed by atoms with E-state index in [1.165, 1.54) is 6.42 Å². The Hall–Kier alpha value is -1.48. The van der Waals surface area contributed by atoms with Crippen LogP contribution in [0.4, 0.5) is 0 Å². The minimum atomic E-state index is 0.182. The molecule has 20 heavy (non-hydrogen) atoms. The van der Waals surface area contributed by atoms with Gasteiger partial charge in [-0.3, -0.25) is 0 Å². The molecule has 3 nitrogen and oxygen atoms in total. The van der Waals surface area contributed by atoms with Crippen LogP contribution in [0.25, 0.3) is 0 Å². The molecule has 0 saturated heterocycles. The van der Waals surface area contributed by atoms with Crippen molar-refractivity contribution in [2.24, 2.45) is 5.73 Å². The van der Waals surface area contributed by atoms with Crippen molar-refractivity contribution < 1.29 is 9.47 Å². The topological polar surface area (TPSA) is 44.5 Å². The molecular weight excluding hydrogens is 250 g/mol. The molecule has 1 aliphatic rings. The highest BCUT2D eigenvalue weighted by Gasteiger charge is 2.13. The molecule has 0 saturated carbocycles. The van der Waals surface area contributed by atoms with Crippen LogP contribution in [-0.4, -0.2) is 19.3 Å². The van der Waals surface area contributed by atoms with Crippen molar-refractivity contribution in [3.05, 3.63) is 35.9 Å². The molecule has 0 fully saturated rings. The van der Waals surface area contributed by atoms with Gasteiger partial charge in [0.15, 0.2) is 0 Å². The van der Waals surface area contributed by atoms with Gasteiger partial charge < -0.3 is 15.2 Å². The summed E-state index contributed by atoms with van der Waals surface area (Å²) in [7, 11) is 0. The Kier molecular flexibility index (Phi) is 5.93. The van der Waals surface area contributed by atoms with Gasteiger partial charge in [-0.1, -0.05) is 19.1 Å². The second kappa shape index (κ2) is 7.95. The predicted molar refractivity (Wildman–Crippen MR) is 82.4 cm³/mol. The average Bonchev–Trinajstić information content (AvgIpc) is 2.49. The second-order valence-electron chi connectivity index (χ2n) is 5.17. The molecule has 0 aliphatic heterocycles. The summed E-state index contributed by atoms with van der Waals surface area (Å²) in [6.07, 6.45) is 9.82. The molecule has 0 heterocycles. The van der Waals surface area contributed by atoms with Gasteiger partial charge in [0.25, 0.3) is 0 Å². The summed E-state index contributed by atoms with van der Waals surface area (Å²) in [5, 5.41) is 0. The van der Waals surface area contributed by atoms with Crippen LogP contribution in [0.5, 0.6) is 11.5 Å². The van der Waals surface area contributed by atoms with Gasteiger partial charge in [-0.05, 0) is 56.4 Å². The molecule has 0 radical (unpaired) electrons. The molecule has 1 aromatic rings. The molecule has 2 N–H and O–H groups in total. The lowest BCUT2D eigenvalue weighted by Crippen LogP contribution is -2.17. The quantitative estimate of drug-likeness (QED) is 0.775. The van der Waals surface area contributed by atoms with Crippen molar-refractivity contribution in [1.82, 2.24) is 0 Å². The van der Waals surface area contributed by atoms with Crippen LogP contribution in [0, 0.1) is 0 Å². The third-order valence-electron chi connectivity index (χ3n) is 3.41. The van der Waals surface area contributed by atoms with Crippen molar-refractivity contribution in [1.29, 1.82) is 0 Å². The van der Waals surface area contributed by atoms with Crippen LogP contribution in [0.15, 0.2) is 30.4 Å². The van der Waals surface area contributed by atoms with Crippen LogP contribution < -0.4 is 15.2 Å². The molecule has 0 aromatic heterocycles. The monoisotopic (exact) mass is 275 g/mol. The second-order valence-corrected chi connectivity index (χ2v) is 5.17. The maximum absolute atomic E-state index is 6.14. The van der Waals surface area contributed by atoms with Gasteiger partial charge in [0.1, 0.15) is 17.6 Å². The molecule has 2 rings (SSSR count). The summed E-state index contributed by atoms with van der Waals surface area (Å²) >= 11 is 0. The van der Waals surface area contributed by atoms with E-state index < -0.39 is 0 Å². The number of rotatable bonds is 7. The van der Waals surface area contributed by atoms with Gasteiger partial charge in [0, 0.05) is 6.07 Å². The Bertz CT molecular complexity index is 443. The number of hydrogen-bond acceptors (Lipinski definition) is 3. The third-order valence-corrected chi connectivity index (χ3v) is 3.41. The van der Waals surface area contributed by atoms with E-state index in [0.717, 1.165) is 49.4 Å². The van der Waals surface area contributed by atoms with E-state index in [-0.39, 0.29) is 6.10 Å². The molecule has 0 spiro atoms. The van der Waals surface area contributed by atoms with Crippen molar-refractivity contribution in [3.8, 4) is 11.5 Å². The third kappa shape index (κ3) is 4.27. The van der Waals surface area contributed by atoms with Crippen molar-refractivity contribution >= 4 is 0 Å². The van der Waals surface area contributed by atoms with Gasteiger partial charge in [-0.25, -0.2) is 0 Å². The number of nitrogens with two attached hydrogens (primary N) is 1. The highest BCUT2D eigenvalue weighted by atomic mass is 16.5. The lowest BCUT2D eigenvalue weighted by Gasteiger charge is -2.21. The summed E-state index contributed by atoms with van der Waals surface area (Å²) in [6.45, 7) is 3.47. The number of hydrogen-bond donors (Lipinski definition) is 1. The van der Waals surface area contributed by atoms with Gasteiger partial charge in [-0.15, -0.1) is 0 Å². The van der Waals surface area contributed by atoms with Crippen molar-refractivity contribution in [3.63, 3.8) is 0 Å². The van der Waals surface area contributed by atoms with Crippen molar-refractivity contribution in [2.45, 2.75) is 45.1 Å². The zero-order valence-electron chi connectivity index (χ0n) is 12.3. The molecule has 0 amide bonds. The van der Waals surface area contributed by atoms with Crippen LogP contribution in [-0.2, 0) is 6.42 Å². The largest absolute Gasteiger partial charge is 0.493 e. The van der Waals surface area contributed by atoms with Gasteiger partial charge in [0.2, 0.25) is 0 Å². The lowest BCUT2D eigenvalue weighted by atomic mass is 10.0. The summed E-state index contributed by atoms with van der Waals surface area (Å²) in [5.41, 5.74) is 6.84. The molecule has 1 unspecified atom stereocenters. The number of allylic oxidation sites excluding steroid dienone is 1. The predicted octanol–water partition coefficient (Wildman–Crippen LogP) is 3.46. The zero-order chi connectivity index (χ0) is 14.2. The van der Waals surface area contributed by atoms with Crippen LogP contribution in [0.1, 0.15) is 38.2 Å². The standard InChI is InChI=1S/C17H25NO2/c1-2-12-19-16-9-8-14(10-11-18)17(13-16)20-15-6-4-3-5-7-15/h4,6,8-9,13,15H,2-3,5,7,10-12,18H2,1H3. The highest BCUT2D eigenvalue weighted by molar-refractivity contribution is 5.41. The number of ether oxygens (including phenoxy) is 2. The summed E-state index contributed by atoms with van der Waals surface area (Å²) in [4.78, 5) is 0. The van der Waals surface area contributed by atoms with E-state index in [0.29, 0.717) is 6.54 Å². The Balaban J connectivity index is 2.12. The number of benzene rings is 1. The summed E-state index contributed by atoms with van der Waals surface area (Å²) in [5.74, 6) is 1.79. The van der Waals surface area contributed by atoms with E-state index in [2.05, 4.69) is 25.1 Å². The molecule has 1 aromatic carbocycles. The average molecular weight is 275 g/mol. The van der Waals surface area contributed by atoms with E-state index in [1.807, 2.05) is 12.1 Å². The first kappa shape index (κ1) is 14.9. The van der Waals surface area contributed by atoms with Crippen LogP contribution in [0.3, 0.4) is 0 Å². The molecule has 1 aliphatic carbocycles. The van der Waals surface area contributed by atoms with E-state index >= 15 is 0 Å². The zero-order valence-corrected chi connectivity index (χ0v) is 12.3. The fourth-order valence-electron chi connectivity index (χ4n) is 2.36.